The second kappa shape index (κ2) is 9.24. The number of aryl methyl sites for hydroxylation is 1. The highest BCUT2D eigenvalue weighted by atomic mass is 19.1. The zero-order chi connectivity index (χ0) is 22.7. The molecule has 0 saturated carbocycles. The van der Waals surface area contributed by atoms with Gasteiger partial charge in [0.05, 0.1) is 23.3 Å². The Bertz CT molecular complexity index is 1230. The zero-order valence-corrected chi connectivity index (χ0v) is 18.1. The van der Waals surface area contributed by atoms with Crippen LogP contribution < -0.4 is 11.2 Å². The number of carbonyl (C=O) groups is 1. The van der Waals surface area contributed by atoms with Gasteiger partial charge in [-0.3, -0.25) is 14.3 Å². The van der Waals surface area contributed by atoms with Crippen LogP contribution in [0.3, 0.4) is 0 Å². The molecule has 3 aromatic rings. The van der Waals surface area contributed by atoms with Crippen LogP contribution in [0.1, 0.15) is 62.5 Å². The summed E-state index contributed by atoms with van der Waals surface area (Å²) in [4.78, 5) is 45.5. The highest BCUT2D eigenvalue weighted by Crippen LogP contribution is 2.34. The van der Waals surface area contributed by atoms with Gasteiger partial charge in [0.15, 0.2) is 5.65 Å². The minimum atomic E-state index is -0.652. The van der Waals surface area contributed by atoms with E-state index >= 15 is 0 Å². The third-order valence-corrected chi connectivity index (χ3v) is 5.05. The van der Waals surface area contributed by atoms with Crippen LogP contribution in [0.25, 0.3) is 22.2 Å². The van der Waals surface area contributed by atoms with E-state index in [4.69, 9.17) is 4.74 Å². The summed E-state index contributed by atoms with van der Waals surface area (Å²) in [5, 5.41) is 0.106. The molecule has 7 nitrogen and oxygen atoms in total. The van der Waals surface area contributed by atoms with Crippen LogP contribution in [-0.4, -0.2) is 27.1 Å². The average Bonchev–Trinajstić information content (AvgIpc) is 2.73. The molecule has 2 aromatic heterocycles. The summed E-state index contributed by atoms with van der Waals surface area (Å²) < 4.78 is 20.3. The second-order valence-electron chi connectivity index (χ2n) is 7.59. The molecule has 0 spiro atoms. The Morgan fingerprint density at radius 2 is 1.87 bits per heavy atom. The number of hydrogen-bond acceptors (Lipinski definition) is 5. The number of halogens is 1. The van der Waals surface area contributed by atoms with Crippen LogP contribution in [0.2, 0.25) is 0 Å². The molecular formula is C23H26FN3O4. The van der Waals surface area contributed by atoms with Gasteiger partial charge in [-0.25, -0.2) is 19.0 Å². The standard InChI is InChI=1S/C23H26FN3O4/c1-5-7-12-27-20-18(21(28)26-23(27)30)16(14-8-10-15(24)11-9-14)17(22(29)31-6-2)19(25-20)13(3)4/h8-11,13H,5-7,12H2,1-4H3,(H,26,28,30). The van der Waals surface area contributed by atoms with Crippen molar-refractivity contribution in [3.8, 4) is 11.1 Å². The largest absolute Gasteiger partial charge is 0.462 e. The Balaban J connectivity index is 2.56. The number of fused-ring (bicyclic) bond motifs is 1. The first kappa shape index (κ1) is 22.4. The number of hydrogen-bond donors (Lipinski definition) is 1. The Morgan fingerprint density at radius 3 is 2.45 bits per heavy atom. The molecule has 0 aliphatic rings. The van der Waals surface area contributed by atoms with E-state index in [0.717, 1.165) is 6.42 Å². The van der Waals surface area contributed by atoms with E-state index in [1.807, 2.05) is 20.8 Å². The molecule has 1 aromatic carbocycles. The van der Waals surface area contributed by atoms with Crippen LogP contribution in [0.4, 0.5) is 4.39 Å². The van der Waals surface area contributed by atoms with Gasteiger partial charge in [-0.2, -0.15) is 0 Å². The van der Waals surface area contributed by atoms with Crippen LogP contribution in [0, 0.1) is 5.82 Å². The summed E-state index contributed by atoms with van der Waals surface area (Å²) >= 11 is 0. The highest BCUT2D eigenvalue weighted by Gasteiger charge is 2.28. The lowest BCUT2D eigenvalue weighted by molar-refractivity contribution is 0.0525. The molecule has 0 fully saturated rings. The predicted octanol–water partition coefficient (Wildman–Crippen LogP) is 3.99. The normalized spacial score (nSPS) is 11.3. The fraction of sp³-hybridized carbons (Fsp3) is 0.391. The maximum atomic E-state index is 13.6. The van der Waals surface area contributed by atoms with E-state index in [1.165, 1.54) is 28.8 Å². The van der Waals surface area contributed by atoms with E-state index in [9.17, 15) is 18.8 Å². The molecule has 0 aliphatic carbocycles. The minimum Gasteiger partial charge on any atom is -0.462 e. The molecule has 0 amide bonds. The number of nitrogens with zero attached hydrogens (tertiary/aromatic N) is 2. The fourth-order valence-electron chi connectivity index (χ4n) is 3.58. The smallest absolute Gasteiger partial charge is 0.340 e. The molecule has 3 rings (SSSR count). The SMILES string of the molecule is CCCCn1c(=O)[nH]c(=O)c2c(-c3ccc(F)cc3)c(C(=O)OCC)c(C(C)C)nc21. The van der Waals surface area contributed by atoms with E-state index in [2.05, 4.69) is 9.97 Å². The lowest BCUT2D eigenvalue weighted by atomic mass is 9.92. The van der Waals surface area contributed by atoms with Gasteiger partial charge in [0.2, 0.25) is 0 Å². The van der Waals surface area contributed by atoms with E-state index in [0.29, 0.717) is 29.8 Å². The van der Waals surface area contributed by atoms with Gasteiger partial charge >= 0.3 is 11.7 Å². The van der Waals surface area contributed by atoms with Crippen molar-refractivity contribution in [2.24, 2.45) is 0 Å². The maximum absolute atomic E-state index is 13.6. The van der Waals surface area contributed by atoms with E-state index < -0.39 is 23.0 Å². The number of H-pyrrole nitrogens is 1. The number of rotatable bonds is 7. The summed E-state index contributed by atoms with van der Waals surface area (Å²) in [6, 6.07) is 5.51. The van der Waals surface area contributed by atoms with Crippen LogP contribution >= 0.6 is 0 Å². The number of carbonyl (C=O) groups excluding carboxylic acids is 1. The van der Waals surface area contributed by atoms with Crippen LogP contribution in [-0.2, 0) is 11.3 Å². The molecule has 1 N–H and O–H groups in total. The molecule has 2 heterocycles. The molecule has 164 valence electrons. The van der Waals surface area contributed by atoms with E-state index in [1.54, 1.807) is 6.92 Å². The Labute approximate surface area is 178 Å². The van der Waals surface area contributed by atoms with Crippen molar-refractivity contribution in [3.05, 3.63) is 62.2 Å². The average molecular weight is 427 g/mol. The zero-order valence-electron chi connectivity index (χ0n) is 18.1. The number of aromatic amines is 1. The van der Waals surface area contributed by atoms with Crippen molar-refractivity contribution in [1.82, 2.24) is 14.5 Å². The molecule has 0 bridgehead atoms. The monoisotopic (exact) mass is 427 g/mol. The summed E-state index contributed by atoms with van der Waals surface area (Å²) in [5.41, 5.74) is 0.326. The number of esters is 1. The molecule has 0 radical (unpaired) electrons. The maximum Gasteiger partial charge on any atom is 0.340 e. The van der Waals surface area contributed by atoms with Gasteiger partial charge in [0.25, 0.3) is 5.56 Å². The van der Waals surface area contributed by atoms with Gasteiger partial charge < -0.3 is 4.74 Å². The molecule has 8 heteroatoms. The number of benzene rings is 1. The topological polar surface area (TPSA) is 94.1 Å². The van der Waals surface area contributed by atoms with Gasteiger partial charge in [-0.1, -0.05) is 39.3 Å². The summed E-state index contributed by atoms with van der Waals surface area (Å²) in [5.74, 6) is -1.26. The number of nitrogens with one attached hydrogen (secondary N) is 1. The summed E-state index contributed by atoms with van der Waals surface area (Å²) in [6.45, 7) is 7.93. The molecule has 0 unspecified atom stereocenters. The van der Waals surface area contributed by atoms with Gasteiger partial charge in [-0.05, 0) is 37.0 Å². The van der Waals surface area contributed by atoms with Crippen molar-refractivity contribution in [1.29, 1.82) is 0 Å². The molecule has 0 saturated heterocycles. The first-order chi connectivity index (χ1) is 14.8. The third-order valence-electron chi connectivity index (χ3n) is 5.05. The lowest BCUT2D eigenvalue weighted by Gasteiger charge is -2.19. The van der Waals surface area contributed by atoms with Gasteiger partial charge in [0.1, 0.15) is 5.82 Å². The van der Waals surface area contributed by atoms with E-state index in [-0.39, 0.29) is 29.1 Å². The van der Waals surface area contributed by atoms with Crippen molar-refractivity contribution >= 4 is 17.0 Å². The Morgan fingerprint density at radius 1 is 1.19 bits per heavy atom. The number of unbranched alkanes of at least 4 members (excludes halogenated alkanes) is 1. The van der Waals surface area contributed by atoms with Crippen molar-refractivity contribution < 1.29 is 13.9 Å². The van der Waals surface area contributed by atoms with Crippen molar-refractivity contribution in [3.63, 3.8) is 0 Å². The fourth-order valence-corrected chi connectivity index (χ4v) is 3.58. The number of ether oxygens (including phenoxy) is 1. The summed E-state index contributed by atoms with van der Waals surface area (Å²) in [7, 11) is 0. The Hall–Kier alpha value is -3.29. The van der Waals surface area contributed by atoms with Gasteiger partial charge in [0, 0.05) is 12.1 Å². The minimum absolute atomic E-state index is 0.106. The lowest BCUT2D eigenvalue weighted by Crippen LogP contribution is -2.32. The third kappa shape index (κ3) is 4.28. The number of pyridine rings is 1. The first-order valence-electron chi connectivity index (χ1n) is 10.4. The first-order valence-corrected chi connectivity index (χ1v) is 10.4. The highest BCUT2D eigenvalue weighted by molar-refractivity contribution is 6.07. The number of aromatic nitrogens is 3. The van der Waals surface area contributed by atoms with Crippen molar-refractivity contribution in [2.45, 2.75) is 53.0 Å². The Kier molecular flexibility index (Phi) is 6.68. The molecular weight excluding hydrogens is 401 g/mol. The molecule has 0 aliphatic heterocycles. The second-order valence-corrected chi connectivity index (χ2v) is 7.59. The van der Waals surface area contributed by atoms with Crippen molar-refractivity contribution in [2.75, 3.05) is 6.61 Å². The molecule has 0 atom stereocenters. The van der Waals surface area contributed by atoms with Gasteiger partial charge in [-0.15, -0.1) is 0 Å². The van der Waals surface area contributed by atoms with Crippen LogP contribution in [0.5, 0.6) is 0 Å². The quantitative estimate of drug-likeness (QED) is 0.576. The molecule has 31 heavy (non-hydrogen) atoms. The summed E-state index contributed by atoms with van der Waals surface area (Å²) in [6.07, 6.45) is 1.56. The predicted molar refractivity (Wildman–Crippen MR) is 117 cm³/mol. The van der Waals surface area contributed by atoms with Crippen LogP contribution in [0.15, 0.2) is 33.9 Å².